The first kappa shape index (κ1) is 20.6. The normalized spacial score (nSPS) is 15.5. The predicted molar refractivity (Wildman–Crippen MR) is 118 cm³/mol. The molecule has 0 bridgehead atoms. The smallest absolute Gasteiger partial charge is 0.292 e. The predicted octanol–water partition coefficient (Wildman–Crippen LogP) is 3.45. The van der Waals surface area contributed by atoms with Crippen LogP contribution < -0.4 is 10.2 Å². The van der Waals surface area contributed by atoms with E-state index in [9.17, 15) is 14.9 Å². The Morgan fingerprint density at radius 3 is 2.45 bits per heavy atom. The van der Waals surface area contributed by atoms with Gasteiger partial charge in [0.2, 0.25) is 5.91 Å². The number of amides is 1. The second-order valence-corrected chi connectivity index (χ2v) is 7.76. The summed E-state index contributed by atoms with van der Waals surface area (Å²) in [5, 5.41) is 14.5. The molecule has 8 heteroatoms. The number of rotatable bonds is 6. The van der Waals surface area contributed by atoms with Gasteiger partial charge in [-0.25, -0.2) is 4.98 Å². The fourth-order valence-electron chi connectivity index (χ4n) is 4.13. The largest absolute Gasteiger partial charge is 0.366 e. The second kappa shape index (κ2) is 8.99. The molecule has 1 aliphatic heterocycles. The Balaban J connectivity index is 1.46. The lowest BCUT2D eigenvalue weighted by molar-refractivity contribution is -0.384. The van der Waals surface area contributed by atoms with Crippen LogP contribution in [-0.4, -0.2) is 33.5 Å². The van der Waals surface area contributed by atoms with E-state index in [2.05, 4.69) is 10.3 Å². The third-order valence-corrected chi connectivity index (χ3v) is 5.82. The highest BCUT2D eigenvalue weighted by atomic mass is 16.6. The van der Waals surface area contributed by atoms with Gasteiger partial charge in [0.15, 0.2) is 0 Å². The van der Waals surface area contributed by atoms with Crippen molar-refractivity contribution in [2.75, 3.05) is 18.0 Å². The van der Waals surface area contributed by atoms with E-state index in [1.54, 1.807) is 24.4 Å². The second-order valence-electron chi connectivity index (χ2n) is 7.76. The van der Waals surface area contributed by atoms with Gasteiger partial charge in [0.05, 0.1) is 4.92 Å². The van der Waals surface area contributed by atoms with Crippen molar-refractivity contribution in [1.82, 2.24) is 14.9 Å². The van der Waals surface area contributed by atoms with Gasteiger partial charge in [0, 0.05) is 44.5 Å². The number of piperidine rings is 1. The SMILES string of the molecule is Cn1ccnc1[C@@H](NC(=O)C1CCN(c2ccccc2[N+](=O)[O-])CC1)c1ccccc1. The molecule has 1 atom stereocenters. The maximum Gasteiger partial charge on any atom is 0.292 e. The van der Waals surface area contributed by atoms with Crippen LogP contribution in [0.2, 0.25) is 0 Å². The van der Waals surface area contributed by atoms with Gasteiger partial charge in [-0.2, -0.15) is 0 Å². The first-order valence-electron chi connectivity index (χ1n) is 10.4. The number of hydrogen-bond acceptors (Lipinski definition) is 5. The van der Waals surface area contributed by atoms with E-state index in [0.29, 0.717) is 31.6 Å². The Hall–Kier alpha value is -3.68. The van der Waals surface area contributed by atoms with Gasteiger partial charge in [-0.3, -0.25) is 14.9 Å². The van der Waals surface area contributed by atoms with Crippen molar-refractivity contribution >= 4 is 17.3 Å². The summed E-state index contributed by atoms with van der Waals surface area (Å²) in [5.41, 5.74) is 1.69. The average molecular weight is 419 g/mol. The summed E-state index contributed by atoms with van der Waals surface area (Å²) in [7, 11) is 1.91. The van der Waals surface area contributed by atoms with Gasteiger partial charge in [0.25, 0.3) is 5.69 Å². The molecule has 2 heterocycles. The molecule has 1 amide bonds. The number of carbonyl (C=O) groups excluding carboxylic acids is 1. The summed E-state index contributed by atoms with van der Waals surface area (Å²) in [5.74, 6) is 0.612. The van der Waals surface area contributed by atoms with Crippen LogP contribution >= 0.6 is 0 Å². The molecule has 0 unspecified atom stereocenters. The topological polar surface area (TPSA) is 93.3 Å². The minimum atomic E-state index is -0.356. The van der Waals surface area contributed by atoms with E-state index in [1.165, 1.54) is 6.07 Å². The van der Waals surface area contributed by atoms with Crippen molar-refractivity contribution in [3.05, 3.63) is 88.5 Å². The molecule has 1 aromatic heterocycles. The lowest BCUT2D eigenvalue weighted by Gasteiger charge is -2.33. The van der Waals surface area contributed by atoms with Gasteiger partial charge < -0.3 is 14.8 Å². The molecule has 1 aliphatic rings. The maximum absolute atomic E-state index is 13.1. The molecule has 8 nitrogen and oxygen atoms in total. The number of para-hydroxylation sites is 2. The zero-order chi connectivity index (χ0) is 21.8. The molecule has 1 saturated heterocycles. The summed E-state index contributed by atoms with van der Waals surface area (Å²) < 4.78 is 1.91. The zero-order valence-electron chi connectivity index (χ0n) is 17.3. The van der Waals surface area contributed by atoms with Crippen LogP contribution in [0.1, 0.15) is 30.3 Å². The third-order valence-electron chi connectivity index (χ3n) is 5.82. The van der Waals surface area contributed by atoms with Crippen molar-refractivity contribution in [3.63, 3.8) is 0 Å². The molecule has 0 spiro atoms. The Labute approximate surface area is 180 Å². The van der Waals surface area contributed by atoms with Gasteiger partial charge in [0.1, 0.15) is 17.6 Å². The monoisotopic (exact) mass is 419 g/mol. The zero-order valence-corrected chi connectivity index (χ0v) is 17.3. The van der Waals surface area contributed by atoms with Crippen LogP contribution in [0.3, 0.4) is 0 Å². The van der Waals surface area contributed by atoms with E-state index in [4.69, 9.17) is 0 Å². The molecule has 3 aromatic rings. The highest BCUT2D eigenvalue weighted by Crippen LogP contribution is 2.31. The molecule has 1 N–H and O–H groups in total. The molecule has 0 saturated carbocycles. The van der Waals surface area contributed by atoms with E-state index in [0.717, 1.165) is 11.4 Å². The number of nitrogens with zero attached hydrogens (tertiary/aromatic N) is 4. The third kappa shape index (κ3) is 4.42. The number of aromatic nitrogens is 2. The maximum atomic E-state index is 13.1. The van der Waals surface area contributed by atoms with E-state index in [-0.39, 0.29) is 28.5 Å². The summed E-state index contributed by atoms with van der Waals surface area (Å²) in [6.07, 6.45) is 4.87. The Kier molecular flexibility index (Phi) is 5.97. The summed E-state index contributed by atoms with van der Waals surface area (Å²) >= 11 is 0. The minimum absolute atomic E-state index is 0.0148. The fraction of sp³-hybridized carbons (Fsp3) is 0.304. The van der Waals surface area contributed by atoms with Crippen molar-refractivity contribution in [2.24, 2.45) is 13.0 Å². The molecule has 0 radical (unpaired) electrons. The van der Waals surface area contributed by atoms with Crippen molar-refractivity contribution in [1.29, 1.82) is 0 Å². The van der Waals surface area contributed by atoms with Gasteiger partial charge in [-0.05, 0) is 24.5 Å². The van der Waals surface area contributed by atoms with Crippen molar-refractivity contribution in [3.8, 4) is 0 Å². The molecular formula is C23H25N5O3. The van der Waals surface area contributed by atoms with Crippen LogP contribution in [0.25, 0.3) is 0 Å². The Morgan fingerprint density at radius 2 is 1.81 bits per heavy atom. The summed E-state index contributed by atoms with van der Waals surface area (Å²) in [4.78, 5) is 30.6. The highest BCUT2D eigenvalue weighted by molar-refractivity contribution is 5.80. The van der Waals surface area contributed by atoms with Gasteiger partial charge in [-0.15, -0.1) is 0 Å². The van der Waals surface area contributed by atoms with Crippen molar-refractivity contribution < 1.29 is 9.72 Å². The highest BCUT2D eigenvalue weighted by Gasteiger charge is 2.30. The average Bonchev–Trinajstić information content (AvgIpc) is 3.23. The number of benzene rings is 2. The number of anilines is 1. The van der Waals surface area contributed by atoms with Crippen LogP contribution in [0.15, 0.2) is 67.0 Å². The molecule has 160 valence electrons. The van der Waals surface area contributed by atoms with Crippen LogP contribution in [0, 0.1) is 16.0 Å². The van der Waals surface area contributed by atoms with E-state index < -0.39 is 0 Å². The number of carbonyl (C=O) groups is 1. The number of hydrogen-bond donors (Lipinski definition) is 1. The molecular weight excluding hydrogens is 394 g/mol. The Morgan fingerprint density at radius 1 is 1.13 bits per heavy atom. The fourth-order valence-corrected chi connectivity index (χ4v) is 4.13. The first-order valence-corrected chi connectivity index (χ1v) is 10.4. The number of imidazole rings is 1. The lowest BCUT2D eigenvalue weighted by Crippen LogP contribution is -2.42. The van der Waals surface area contributed by atoms with Crippen LogP contribution in [0.5, 0.6) is 0 Å². The van der Waals surface area contributed by atoms with Crippen molar-refractivity contribution in [2.45, 2.75) is 18.9 Å². The minimum Gasteiger partial charge on any atom is -0.366 e. The van der Waals surface area contributed by atoms with Crippen LogP contribution in [0.4, 0.5) is 11.4 Å². The number of nitro benzene ring substituents is 1. The van der Waals surface area contributed by atoms with Gasteiger partial charge >= 0.3 is 0 Å². The number of nitro groups is 1. The molecule has 2 aromatic carbocycles. The van der Waals surface area contributed by atoms with E-state index in [1.807, 2.05) is 53.0 Å². The van der Waals surface area contributed by atoms with Crippen LogP contribution in [-0.2, 0) is 11.8 Å². The first-order chi connectivity index (χ1) is 15.0. The van der Waals surface area contributed by atoms with Gasteiger partial charge in [-0.1, -0.05) is 42.5 Å². The Bertz CT molecular complexity index is 1060. The summed E-state index contributed by atoms with van der Waals surface area (Å²) in [6, 6.07) is 16.2. The molecule has 1 fully saturated rings. The molecule has 0 aliphatic carbocycles. The number of aryl methyl sites for hydroxylation is 1. The molecule has 4 rings (SSSR count). The molecule has 31 heavy (non-hydrogen) atoms. The number of nitrogens with one attached hydrogen (secondary N) is 1. The standard InChI is InChI=1S/C23H25N5O3/c1-26-16-13-24-22(26)21(17-7-3-2-4-8-17)25-23(29)18-11-14-27(15-12-18)19-9-5-6-10-20(19)28(30)31/h2-10,13,16,18,21H,11-12,14-15H2,1H3,(H,25,29)/t21-/m0/s1. The quantitative estimate of drug-likeness (QED) is 0.488. The summed E-state index contributed by atoms with van der Waals surface area (Å²) in [6.45, 7) is 1.20. The lowest BCUT2D eigenvalue weighted by atomic mass is 9.94. The van der Waals surface area contributed by atoms with E-state index >= 15 is 0 Å².